The first-order valence-corrected chi connectivity index (χ1v) is 17.6. The molecule has 0 unspecified atom stereocenters. The zero-order valence-corrected chi connectivity index (χ0v) is 27.5. The molecule has 44 heavy (non-hydrogen) atoms. The molecule has 0 fully saturated rings. The van der Waals surface area contributed by atoms with Crippen molar-refractivity contribution in [1.29, 1.82) is 0 Å². The van der Waals surface area contributed by atoms with Crippen molar-refractivity contribution in [2.45, 2.75) is 13.1 Å². The van der Waals surface area contributed by atoms with Crippen molar-refractivity contribution in [2.24, 2.45) is 17.2 Å². The topological polar surface area (TPSA) is 297 Å². The molecule has 20 N–H and O–H groups in total. The first kappa shape index (κ1) is 42.9. The maximum Gasteiger partial charge on any atom is 0.330 e. The van der Waals surface area contributed by atoms with E-state index in [1.807, 2.05) is 0 Å². The van der Waals surface area contributed by atoms with Gasteiger partial charge in [0.25, 0.3) is 5.91 Å². The van der Waals surface area contributed by atoms with Gasteiger partial charge in [-0.05, 0) is 13.1 Å². The number of nitrogens with one attached hydrogen (secondary N) is 13. The van der Waals surface area contributed by atoms with E-state index in [4.69, 9.17) is 26.5 Å². The molecule has 0 aromatic carbocycles. The predicted octanol–water partition coefficient (Wildman–Crippen LogP) is -8.42. The molecule has 0 spiro atoms. The molecule has 0 aromatic heterocycles. The fourth-order valence-electron chi connectivity index (χ4n) is 2.97. The van der Waals surface area contributed by atoms with Crippen LogP contribution in [-0.4, -0.2) is 149 Å². The van der Waals surface area contributed by atoms with Crippen LogP contribution in [-0.2, 0) is 14.1 Å². The largest absolute Gasteiger partial charge is 0.411 e. The van der Waals surface area contributed by atoms with Gasteiger partial charge in [-0.25, -0.2) is 0 Å². The van der Waals surface area contributed by atoms with E-state index in [0.29, 0.717) is 99.7 Å². The molecular formula is C21H62N18O4Si. The van der Waals surface area contributed by atoms with E-state index in [1.54, 1.807) is 18.1 Å². The lowest BCUT2D eigenvalue weighted by molar-refractivity contribution is -0.210. The van der Waals surface area contributed by atoms with E-state index < -0.39 is 8.56 Å². The van der Waals surface area contributed by atoms with Gasteiger partial charge in [-0.15, -0.1) is 0 Å². The Morgan fingerprint density at radius 3 is 1.57 bits per heavy atom. The van der Waals surface area contributed by atoms with Crippen LogP contribution in [0, 0.1) is 0 Å². The summed E-state index contributed by atoms with van der Waals surface area (Å²) in [6.45, 7) is 11.1. The lowest BCUT2D eigenvalue weighted by Crippen LogP contribution is -2.59. The molecule has 0 bridgehead atoms. The normalized spacial score (nSPS) is 12.0. The number of carbonyl (C=O) groups is 1. The summed E-state index contributed by atoms with van der Waals surface area (Å²) in [7, 11) is -2.88. The molecule has 0 saturated heterocycles. The molecule has 0 aliphatic carbocycles. The van der Waals surface area contributed by atoms with Crippen LogP contribution in [0.1, 0.15) is 0 Å². The van der Waals surface area contributed by atoms with E-state index in [1.165, 1.54) is 5.12 Å². The summed E-state index contributed by atoms with van der Waals surface area (Å²) in [5.74, 6) is -0.313. The highest BCUT2D eigenvalue weighted by molar-refractivity contribution is 6.63. The second kappa shape index (κ2) is 31.9. The Morgan fingerprint density at radius 2 is 1.09 bits per heavy atom. The van der Waals surface area contributed by atoms with Crippen molar-refractivity contribution in [3.8, 4) is 0 Å². The Labute approximate surface area is 262 Å². The molecule has 22 nitrogen and oxygen atoms in total. The molecule has 23 heteroatoms. The minimum atomic E-state index is -2.88. The third-order valence-electron chi connectivity index (χ3n) is 5.12. The number of hydrogen-bond acceptors (Lipinski definition) is 21. The van der Waals surface area contributed by atoms with Crippen LogP contribution in [0.4, 0.5) is 0 Å². The molecule has 0 aromatic rings. The van der Waals surface area contributed by atoms with Crippen molar-refractivity contribution < 1.29 is 18.9 Å². The number of hydrogen-bond donors (Lipinski definition) is 17. The van der Waals surface area contributed by atoms with Crippen molar-refractivity contribution in [3.63, 3.8) is 0 Å². The first-order chi connectivity index (χ1) is 21.4. The third-order valence-corrected chi connectivity index (χ3v) is 5.96. The van der Waals surface area contributed by atoms with E-state index >= 15 is 0 Å². The molecule has 264 valence electrons. The Bertz CT molecular complexity index is 630. The Kier molecular flexibility index (Phi) is 31.0. The number of nitrogens with two attached hydrogens (primary N) is 3. The molecule has 0 aliphatic rings. The maximum atomic E-state index is 13.3. The molecule has 0 radical (unpaired) electrons. The summed E-state index contributed by atoms with van der Waals surface area (Å²) in [4.78, 5) is 29.2. The summed E-state index contributed by atoms with van der Waals surface area (Å²) in [5, 5.41) is 40.1. The Hall–Kier alpha value is -1.11. The summed E-state index contributed by atoms with van der Waals surface area (Å²) in [5.41, 5.74) is 18.9. The van der Waals surface area contributed by atoms with Gasteiger partial charge in [0.1, 0.15) is 6.73 Å². The van der Waals surface area contributed by atoms with E-state index in [0.717, 1.165) is 0 Å². The maximum absolute atomic E-state index is 13.3. The zero-order valence-electron chi connectivity index (χ0n) is 26.5. The van der Waals surface area contributed by atoms with Crippen LogP contribution in [0.25, 0.3) is 0 Å². The average molecular weight is 659 g/mol. The van der Waals surface area contributed by atoms with E-state index in [2.05, 4.69) is 69.4 Å². The van der Waals surface area contributed by atoms with Gasteiger partial charge in [0, 0.05) is 99.7 Å². The van der Waals surface area contributed by atoms with Gasteiger partial charge in [-0.1, -0.05) is 5.59 Å². The SMILES string of the molecule is C[Si](C)(O)OCN(CCNCNCNCNCN)N(NOCCNCNCNCNCN)C(=O)CNCNCNCNCN. The quantitative estimate of drug-likeness (QED) is 0.0130. The Balaban J connectivity index is 4.85. The number of carbonyl (C=O) groups excluding carboxylic acids is 1. The lowest BCUT2D eigenvalue weighted by atomic mass is 10.5. The van der Waals surface area contributed by atoms with Gasteiger partial charge in [0.15, 0.2) is 0 Å². The summed E-state index contributed by atoms with van der Waals surface area (Å²) in [6.07, 6.45) is 0. The number of hydrazine groups is 2. The van der Waals surface area contributed by atoms with Crippen LogP contribution in [0.3, 0.4) is 0 Å². The highest BCUT2D eigenvalue weighted by Crippen LogP contribution is 2.03. The summed E-state index contributed by atoms with van der Waals surface area (Å²) in [6, 6.07) is 0. The number of amides is 1. The number of nitrogens with zero attached hydrogens (tertiary/aromatic N) is 2. The monoisotopic (exact) mass is 658 g/mol. The molecule has 0 rings (SSSR count). The third kappa shape index (κ3) is 29.6. The van der Waals surface area contributed by atoms with Crippen LogP contribution >= 0.6 is 0 Å². The van der Waals surface area contributed by atoms with Crippen LogP contribution in [0.15, 0.2) is 0 Å². The first-order valence-electron chi connectivity index (χ1n) is 14.8. The van der Waals surface area contributed by atoms with E-state index in [-0.39, 0.29) is 25.8 Å². The smallest absolute Gasteiger partial charge is 0.330 e. The highest BCUT2D eigenvalue weighted by Gasteiger charge is 2.26. The molecule has 1 amide bonds. The number of rotatable bonds is 35. The zero-order chi connectivity index (χ0) is 32.6. The second-order valence-electron chi connectivity index (χ2n) is 9.48. The molecule has 0 aliphatic heterocycles. The van der Waals surface area contributed by atoms with Gasteiger partial charge in [-0.2, -0.15) is 10.1 Å². The van der Waals surface area contributed by atoms with Gasteiger partial charge in [0.2, 0.25) is 0 Å². The Morgan fingerprint density at radius 1 is 0.659 bits per heavy atom. The highest BCUT2D eigenvalue weighted by atomic mass is 28.4. The van der Waals surface area contributed by atoms with E-state index in [9.17, 15) is 9.59 Å². The minimum absolute atomic E-state index is 0.00648. The van der Waals surface area contributed by atoms with Crippen LogP contribution < -0.4 is 86.6 Å². The summed E-state index contributed by atoms with van der Waals surface area (Å²) < 4.78 is 5.72. The van der Waals surface area contributed by atoms with Crippen LogP contribution in [0.5, 0.6) is 0 Å². The minimum Gasteiger partial charge on any atom is -0.411 e. The van der Waals surface area contributed by atoms with Crippen molar-refractivity contribution in [3.05, 3.63) is 0 Å². The van der Waals surface area contributed by atoms with Gasteiger partial charge < -0.3 is 37.1 Å². The fraction of sp³-hybridized carbons (Fsp3) is 0.952. The van der Waals surface area contributed by atoms with Gasteiger partial charge in [0.05, 0.1) is 13.2 Å². The lowest BCUT2D eigenvalue weighted by Gasteiger charge is -2.35. The second-order valence-corrected chi connectivity index (χ2v) is 12.7. The van der Waals surface area contributed by atoms with Gasteiger partial charge in [-0.3, -0.25) is 62.8 Å². The van der Waals surface area contributed by atoms with Gasteiger partial charge >= 0.3 is 8.56 Å². The molecule has 0 atom stereocenters. The average Bonchev–Trinajstić information content (AvgIpc) is 2.99. The fourth-order valence-corrected chi connectivity index (χ4v) is 3.43. The van der Waals surface area contributed by atoms with Crippen LogP contribution in [0.2, 0.25) is 13.1 Å². The molecular weight excluding hydrogens is 596 g/mol. The summed E-state index contributed by atoms with van der Waals surface area (Å²) >= 11 is 0. The van der Waals surface area contributed by atoms with Crippen molar-refractivity contribution >= 4 is 14.5 Å². The standard InChI is InChI=1S/C21H62N18O4Si/c1-44(2,41)43-20-38(5-3-25-11-31-17-34-14-28-8-22)39(21(40)7-27-13-33-19-36-16-30-10-24)37-42-6-4-26-12-32-18-35-15-29-9-23/h25-37,41H,3-20,22-24H2,1-2H3. The molecule has 0 heterocycles. The molecule has 0 saturated carbocycles. The van der Waals surface area contributed by atoms with Crippen molar-refractivity contribution in [2.75, 3.05) is 120 Å². The predicted molar refractivity (Wildman–Crippen MR) is 171 cm³/mol. The van der Waals surface area contributed by atoms with Crippen molar-refractivity contribution in [1.82, 2.24) is 79.5 Å².